The van der Waals surface area contributed by atoms with E-state index in [1.807, 2.05) is 24.6 Å². The van der Waals surface area contributed by atoms with Gasteiger partial charge in [-0.15, -0.1) is 0 Å². The molecule has 5 heteroatoms. The van der Waals surface area contributed by atoms with E-state index in [4.69, 9.17) is 4.74 Å². The van der Waals surface area contributed by atoms with E-state index in [1.54, 1.807) is 6.07 Å². The van der Waals surface area contributed by atoms with Gasteiger partial charge in [0, 0.05) is 0 Å². The van der Waals surface area contributed by atoms with Gasteiger partial charge in [-0.1, -0.05) is 0 Å². The van der Waals surface area contributed by atoms with Crippen molar-refractivity contribution < 1.29 is 9.13 Å². The number of ether oxygens (including phenoxy) is 1. The van der Waals surface area contributed by atoms with Gasteiger partial charge in [0.1, 0.15) is 11.5 Å². The van der Waals surface area contributed by atoms with Crippen LogP contribution in [0.15, 0.2) is 24.4 Å². The summed E-state index contributed by atoms with van der Waals surface area (Å²) in [5.74, 6) is -0.341. The fraction of sp³-hybridized carbons (Fsp3) is 0.385. The first-order valence-electron chi connectivity index (χ1n) is 5.86. The van der Waals surface area contributed by atoms with Crippen molar-refractivity contribution in [3.63, 3.8) is 0 Å². The number of hydrogen-bond donors (Lipinski definition) is 0. The summed E-state index contributed by atoms with van der Waals surface area (Å²) in [4.78, 5) is 4.04. The zero-order valence-corrected chi connectivity index (χ0v) is 10.4. The van der Waals surface area contributed by atoms with Crippen LogP contribution in [0.1, 0.15) is 19.5 Å². The first-order chi connectivity index (χ1) is 8.53. The minimum atomic E-state index is -0.341. The molecule has 0 saturated carbocycles. The lowest BCUT2D eigenvalue weighted by molar-refractivity contribution is -0.0660. The molecule has 0 saturated heterocycles. The van der Waals surface area contributed by atoms with Crippen molar-refractivity contribution in [2.75, 3.05) is 0 Å². The number of fused-ring (bicyclic) bond motifs is 1. The van der Waals surface area contributed by atoms with Crippen molar-refractivity contribution in [3.05, 3.63) is 35.9 Å². The number of halogens is 1. The SMILES string of the molecule is CC1(C)Cn2nc(-c3ccc(F)cn3)cc2CO1. The highest BCUT2D eigenvalue weighted by Gasteiger charge is 2.27. The van der Waals surface area contributed by atoms with Crippen molar-refractivity contribution in [1.29, 1.82) is 0 Å². The van der Waals surface area contributed by atoms with E-state index in [9.17, 15) is 4.39 Å². The Morgan fingerprint density at radius 2 is 2.17 bits per heavy atom. The standard InChI is InChI=1S/C13H14FN3O/c1-13(2)8-17-10(7-18-13)5-12(16-17)11-4-3-9(14)6-15-11/h3-6H,7-8H2,1-2H3. The molecule has 1 aliphatic heterocycles. The Morgan fingerprint density at radius 1 is 1.33 bits per heavy atom. The molecule has 0 aliphatic carbocycles. The molecule has 0 atom stereocenters. The predicted octanol–water partition coefficient (Wildman–Crippen LogP) is 2.39. The molecule has 3 rings (SSSR count). The molecule has 2 aromatic rings. The first-order valence-corrected chi connectivity index (χ1v) is 5.86. The molecule has 0 fully saturated rings. The summed E-state index contributed by atoms with van der Waals surface area (Å²) in [5.41, 5.74) is 2.25. The topological polar surface area (TPSA) is 39.9 Å². The Morgan fingerprint density at radius 3 is 2.89 bits per heavy atom. The van der Waals surface area contributed by atoms with Gasteiger partial charge in [0.05, 0.1) is 36.3 Å². The molecule has 0 spiro atoms. The third-order valence-electron chi connectivity index (χ3n) is 2.99. The van der Waals surface area contributed by atoms with E-state index in [0.29, 0.717) is 18.8 Å². The Bertz CT molecular complexity index is 574. The minimum absolute atomic E-state index is 0.202. The zero-order chi connectivity index (χ0) is 12.8. The minimum Gasteiger partial charge on any atom is -0.367 e. The van der Waals surface area contributed by atoms with Crippen LogP contribution in [-0.4, -0.2) is 20.4 Å². The quantitative estimate of drug-likeness (QED) is 0.776. The number of nitrogens with zero attached hydrogens (tertiary/aromatic N) is 3. The average Bonchev–Trinajstić information content (AvgIpc) is 2.71. The maximum Gasteiger partial charge on any atom is 0.141 e. The van der Waals surface area contributed by atoms with Crippen molar-refractivity contribution in [2.45, 2.75) is 32.6 Å². The smallest absolute Gasteiger partial charge is 0.141 e. The number of pyridine rings is 1. The lowest BCUT2D eigenvalue weighted by atomic mass is 10.1. The second kappa shape index (κ2) is 3.88. The number of rotatable bonds is 1. The van der Waals surface area contributed by atoms with Gasteiger partial charge in [-0.25, -0.2) is 4.39 Å². The largest absolute Gasteiger partial charge is 0.367 e. The fourth-order valence-corrected chi connectivity index (χ4v) is 2.04. The molecule has 0 unspecified atom stereocenters. The molecule has 0 amide bonds. The van der Waals surface area contributed by atoms with Crippen LogP contribution in [0.3, 0.4) is 0 Å². The average molecular weight is 247 g/mol. The van der Waals surface area contributed by atoms with E-state index in [1.165, 1.54) is 12.3 Å². The van der Waals surface area contributed by atoms with Gasteiger partial charge in [-0.05, 0) is 32.0 Å². The molecule has 3 heterocycles. The van der Waals surface area contributed by atoms with E-state index in [-0.39, 0.29) is 11.4 Å². The molecule has 18 heavy (non-hydrogen) atoms. The molecule has 0 radical (unpaired) electrons. The van der Waals surface area contributed by atoms with E-state index >= 15 is 0 Å². The molecule has 94 valence electrons. The Balaban J connectivity index is 1.96. The van der Waals surface area contributed by atoms with Crippen LogP contribution in [-0.2, 0) is 17.9 Å². The molecule has 0 aromatic carbocycles. The van der Waals surface area contributed by atoms with Crippen molar-refractivity contribution in [1.82, 2.24) is 14.8 Å². The summed E-state index contributed by atoms with van der Waals surface area (Å²) in [5, 5.41) is 4.50. The van der Waals surface area contributed by atoms with E-state index < -0.39 is 0 Å². The normalized spacial score (nSPS) is 17.5. The highest BCUT2D eigenvalue weighted by molar-refractivity contribution is 5.54. The van der Waals surface area contributed by atoms with Gasteiger partial charge in [-0.2, -0.15) is 5.10 Å². The van der Waals surface area contributed by atoms with Gasteiger partial charge in [0.2, 0.25) is 0 Å². The van der Waals surface area contributed by atoms with Crippen LogP contribution in [0.4, 0.5) is 4.39 Å². The van der Waals surface area contributed by atoms with Crippen LogP contribution in [0.25, 0.3) is 11.4 Å². The summed E-state index contributed by atoms with van der Waals surface area (Å²) in [6.07, 6.45) is 1.20. The van der Waals surface area contributed by atoms with Crippen LogP contribution in [0.5, 0.6) is 0 Å². The lowest BCUT2D eigenvalue weighted by Gasteiger charge is -2.30. The van der Waals surface area contributed by atoms with E-state index in [0.717, 1.165) is 11.4 Å². The summed E-state index contributed by atoms with van der Waals surface area (Å²) in [7, 11) is 0. The second-order valence-corrected chi connectivity index (χ2v) is 5.09. The van der Waals surface area contributed by atoms with Crippen molar-refractivity contribution in [3.8, 4) is 11.4 Å². The third kappa shape index (κ3) is 2.01. The van der Waals surface area contributed by atoms with Crippen molar-refractivity contribution >= 4 is 0 Å². The maximum atomic E-state index is 12.8. The monoisotopic (exact) mass is 247 g/mol. The summed E-state index contributed by atoms with van der Waals surface area (Å²) in [6, 6.07) is 4.96. The summed E-state index contributed by atoms with van der Waals surface area (Å²) < 4.78 is 20.5. The Labute approximate surface area is 104 Å². The van der Waals surface area contributed by atoms with Crippen LogP contribution >= 0.6 is 0 Å². The molecule has 0 bridgehead atoms. The van der Waals surface area contributed by atoms with Gasteiger partial charge >= 0.3 is 0 Å². The second-order valence-electron chi connectivity index (χ2n) is 5.09. The van der Waals surface area contributed by atoms with Gasteiger partial charge in [0.25, 0.3) is 0 Å². The maximum absolute atomic E-state index is 12.8. The highest BCUT2D eigenvalue weighted by Crippen LogP contribution is 2.25. The number of aromatic nitrogens is 3. The Kier molecular flexibility index (Phi) is 2.45. The summed E-state index contributed by atoms with van der Waals surface area (Å²) >= 11 is 0. The predicted molar refractivity (Wildman–Crippen MR) is 64.3 cm³/mol. The van der Waals surface area contributed by atoms with Crippen LogP contribution in [0, 0.1) is 5.82 Å². The van der Waals surface area contributed by atoms with Crippen LogP contribution < -0.4 is 0 Å². The third-order valence-corrected chi connectivity index (χ3v) is 2.99. The zero-order valence-electron chi connectivity index (χ0n) is 10.4. The van der Waals surface area contributed by atoms with Gasteiger partial charge in [0.15, 0.2) is 0 Å². The molecular formula is C13H14FN3O. The lowest BCUT2D eigenvalue weighted by Crippen LogP contribution is -2.36. The molecular weight excluding hydrogens is 233 g/mol. The Hall–Kier alpha value is -1.75. The molecule has 1 aliphatic rings. The van der Waals surface area contributed by atoms with Crippen LogP contribution in [0.2, 0.25) is 0 Å². The van der Waals surface area contributed by atoms with Gasteiger partial charge in [-0.3, -0.25) is 9.67 Å². The van der Waals surface area contributed by atoms with E-state index in [2.05, 4.69) is 10.1 Å². The molecule has 0 N–H and O–H groups in total. The molecule has 2 aromatic heterocycles. The fourth-order valence-electron chi connectivity index (χ4n) is 2.04. The van der Waals surface area contributed by atoms with Gasteiger partial charge < -0.3 is 4.74 Å². The van der Waals surface area contributed by atoms with Crippen molar-refractivity contribution in [2.24, 2.45) is 0 Å². The molecule has 4 nitrogen and oxygen atoms in total. The highest BCUT2D eigenvalue weighted by atomic mass is 19.1. The first kappa shape index (κ1) is 11.3. The number of hydrogen-bond acceptors (Lipinski definition) is 3. The summed E-state index contributed by atoms with van der Waals surface area (Å²) in [6.45, 7) is 5.32.